The third-order valence-corrected chi connectivity index (χ3v) is 7.55. The number of nitrogens with zero attached hydrogens (tertiary/aromatic N) is 4. The number of hydrazone groups is 1. The summed E-state index contributed by atoms with van der Waals surface area (Å²) in [4.78, 5) is 39.3. The molecule has 2 heterocycles. The van der Waals surface area contributed by atoms with Crippen LogP contribution in [0.4, 0.5) is 0 Å². The Bertz CT molecular complexity index is 1730. The highest BCUT2D eigenvalue weighted by atomic mass is 16.5. The number of esters is 1. The number of aromatic nitrogens is 1. The first kappa shape index (κ1) is 29.1. The van der Waals surface area contributed by atoms with E-state index in [0.717, 1.165) is 22.0 Å². The van der Waals surface area contributed by atoms with Crippen LogP contribution in [0.5, 0.6) is 5.75 Å². The number of phenolic OH excluding ortho intramolecular Hbond substituents is 1. The predicted molar refractivity (Wildman–Crippen MR) is 161 cm³/mol. The van der Waals surface area contributed by atoms with Crippen molar-refractivity contribution in [3.8, 4) is 11.8 Å². The molecule has 2 N–H and O–H groups in total. The third kappa shape index (κ3) is 6.57. The van der Waals surface area contributed by atoms with Gasteiger partial charge in [-0.25, -0.2) is 5.43 Å². The van der Waals surface area contributed by atoms with Gasteiger partial charge in [0.1, 0.15) is 11.8 Å². The maximum atomic E-state index is 13.0. The minimum Gasteiger partial charge on any atom is -0.507 e. The fourth-order valence-corrected chi connectivity index (χ4v) is 5.20. The van der Waals surface area contributed by atoms with Gasteiger partial charge in [0.15, 0.2) is 0 Å². The first-order valence-electron chi connectivity index (χ1n) is 14.1. The summed E-state index contributed by atoms with van der Waals surface area (Å²) in [6.45, 7) is 3.84. The highest BCUT2D eigenvalue weighted by Gasteiger charge is 2.28. The van der Waals surface area contributed by atoms with E-state index in [2.05, 4.69) is 15.1 Å². The number of carbonyl (C=O) groups excluding carboxylic acids is 3. The average Bonchev–Trinajstić information content (AvgIpc) is 3.44. The van der Waals surface area contributed by atoms with E-state index in [1.807, 2.05) is 60.8 Å². The van der Waals surface area contributed by atoms with Crippen LogP contribution in [0, 0.1) is 17.2 Å². The molecule has 2 amide bonds. The number of aromatic hydroxyl groups is 1. The molecule has 1 fully saturated rings. The molecule has 0 saturated carbocycles. The zero-order valence-corrected chi connectivity index (χ0v) is 23.7. The average molecular weight is 578 g/mol. The van der Waals surface area contributed by atoms with Crippen LogP contribution in [-0.4, -0.2) is 58.3 Å². The molecule has 0 unspecified atom stereocenters. The molecule has 0 spiro atoms. The Morgan fingerprint density at radius 1 is 1.07 bits per heavy atom. The lowest BCUT2D eigenvalue weighted by Crippen LogP contribution is -2.40. The van der Waals surface area contributed by atoms with Crippen LogP contribution in [0.1, 0.15) is 57.2 Å². The summed E-state index contributed by atoms with van der Waals surface area (Å²) < 4.78 is 7.22. The van der Waals surface area contributed by atoms with Crippen LogP contribution in [0.25, 0.3) is 10.9 Å². The van der Waals surface area contributed by atoms with Crippen LogP contribution < -0.4 is 5.43 Å². The molecule has 1 aliphatic heterocycles. The number of benzene rings is 3. The number of likely N-dealkylation sites (tertiary alicyclic amines) is 1. The van der Waals surface area contributed by atoms with Gasteiger partial charge in [0.25, 0.3) is 11.8 Å². The van der Waals surface area contributed by atoms with E-state index >= 15 is 0 Å². The Labute approximate surface area is 248 Å². The van der Waals surface area contributed by atoms with Crippen LogP contribution in [0.2, 0.25) is 0 Å². The summed E-state index contributed by atoms with van der Waals surface area (Å²) in [6, 6.07) is 21.2. The minimum absolute atomic E-state index is 0.0106. The molecule has 1 aliphatic rings. The van der Waals surface area contributed by atoms with Crippen LogP contribution in [-0.2, 0) is 16.1 Å². The summed E-state index contributed by atoms with van der Waals surface area (Å²) in [7, 11) is 0. The van der Waals surface area contributed by atoms with Crippen LogP contribution >= 0.6 is 0 Å². The smallest absolute Gasteiger partial charge is 0.309 e. The maximum Gasteiger partial charge on any atom is 0.309 e. The summed E-state index contributed by atoms with van der Waals surface area (Å²) >= 11 is 0. The molecule has 5 rings (SSSR count). The van der Waals surface area contributed by atoms with Crippen molar-refractivity contribution in [2.45, 2.75) is 26.3 Å². The van der Waals surface area contributed by atoms with Crippen molar-refractivity contribution in [3.05, 3.63) is 101 Å². The normalized spacial score (nSPS) is 13.6. The van der Waals surface area contributed by atoms with Gasteiger partial charge in [0, 0.05) is 53.4 Å². The van der Waals surface area contributed by atoms with E-state index in [4.69, 9.17) is 10.00 Å². The minimum atomic E-state index is -0.499. The van der Waals surface area contributed by atoms with E-state index < -0.39 is 5.91 Å². The van der Waals surface area contributed by atoms with Gasteiger partial charge >= 0.3 is 5.97 Å². The molecule has 1 aromatic heterocycles. The number of phenols is 1. The molecule has 10 nitrogen and oxygen atoms in total. The molecule has 0 atom stereocenters. The number of amides is 2. The second kappa shape index (κ2) is 13.0. The first-order chi connectivity index (χ1) is 20.9. The summed E-state index contributed by atoms with van der Waals surface area (Å²) in [5.74, 6) is -1.04. The monoisotopic (exact) mass is 577 g/mol. The topological polar surface area (TPSA) is 137 Å². The van der Waals surface area contributed by atoms with Crippen molar-refractivity contribution < 1.29 is 24.2 Å². The van der Waals surface area contributed by atoms with Gasteiger partial charge in [-0.1, -0.05) is 24.3 Å². The Balaban J connectivity index is 1.21. The molecule has 218 valence electrons. The highest BCUT2D eigenvalue weighted by molar-refractivity contribution is 6.00. The second-order valence-corrected chi connectivity index (χ2v) is 10.3. The van der Waals surface area contributed by atoms with Crippen molar-refractivity contribution >= 4 is 34.9 Å². The standard InChI is InChI=1S/C33H31N5O5/c1-2-43-33(42)24-12-15-37(16-13-24)32(41)23-8-6-22(7-9-23)21-38-17-14-28-26(4-3-5-29(28)38)20-35-36-31(40)25-10-11-30(39)27(18-25)19-34/h3-11,14,17-18,20,24,39H,2,12-13,15-16,21H2,1H3,(H,36,40). The SMILES string of the molecule is CCOC(=O)C1CCN(C(=O)c2ccc(Cn3ccc4c(C=NNC(=O)c5ccc(O)c(C#N)c5)cccc43)cc2)CC1. The molecule has 43 heavy (non-hydrogen) atoms. The number of hydrogen-bond acceptors (Lipinski definition) is 7. The van der Waals surface area contributed by atoms with Gasteiger partial charge in [-0.15, -0.1) is 0 Å². The third-order valence-electron chi connectivity index (χ3n) is 7.55. The van der Waals surface area contributed by atoms with Gasteiger partial charge in [-0.05, 0) is 67.8 Å². The number of ether oxygens (including phenoxy) is 1. The molecule has 0 aliphatic carbocycles. The second-order valence-electron chi connectivity index (χ2n) is 10.3. The molecule has 0 bridgehead atoms. The van der Waals surface area contributed by atoms with E-state index in [1.54, 1.807) is 18.0 Å². The lowest BCUT2D eigenvalue weighted by molar-refractivity contribution is -0.149. The fourth-order valence-electron chi connectivity index (χ4n) is 5.20. The predicted octanol–water partition coefficient (Wildman–Crippen LogP) is 4.45. The van der Waals surface area contributed by atoms with Crippen molar-refractivity contribution in [3.63, 3.8) is 0 Å². The number of nitrogens with one attached hydrogen (secondary N) is 1. The zero-order chi connectivity index (χ0) is 30.3. The largest absolute Gasteiger partial charge is 0.507 e. The summed E-state index contributed by atoms with van der Waals surface area (Å²) in [5.41, 5.74) is 6.13. The van der Waals surface area contributed by atoms with Crippen molar-refractivity contribution in [2.24, 2.45) is 11.0 Å². The molecule has 3 aromatic carbocycles. The molecular formula is C33H31N5O5. The lowest BCUT2D eigenvalue weighted by atomic mass is 9.96. The van der Waals surface area contributed by atoms with Crippen LogP contribution in [0.3, 0.4) is 0 Å². The lowest BCUT2D eigenvalue weighted by Gasteiger charge is -2.31. The Hall–Kier alpha value is -5.43. The number of nitriles is 1. The number of fused-ring (bicyclic) bond motifs is 1. The number of hydrogen-bond donors (Lipinski definition) is 2. The molecule has 0 radical (unpaired) electrons. The summed E-state index contributed by atoms with van der Waals surface area (Å²) in [5, 5.41) is 23.7. The molecule has 1 saturated heterocycles. The number of piperidine rings is 1. The van der Waals surface area contributed by atoms with Gasteiger partial charge in [0.05, 0.1) is 24.3 Å². The van der Waals surface area contributed by atoms with E-state index in [9.17, 15) is 19.5 Å². The zero-order valence-electron chi connectivity index (χ0n) is 23.7. The van der Waals surface area contributed by atoms with Crippen molar-refractivity contribution in [1.82, 2.24) is 14.9 Å². The van der Waals surface area contributed by atoms with Gasteiger partial charge in [0.2, 0.25) is 0 Å². The van der Waals surface area contributed by atoms with Gasteiger partial charge in [-0.2, -0.15) is 10.4 Å². The highest BCUT2D eigenvalue weighted by Crippen LogP contribution is 2.23. The van der Waals surface area contributed by atoms with Gasteiger partial charge < -0.3 is 19.3 Å². The summed E-state index contributed by atoms with van der Waals surface area (Å²) in [6.07, 6.45) is 4.77. The molecule has 10 heteroatoms. The Morgan fingerprint density at radius 2 is 1.81 bits per heavy atom. The van der Waals surface area contributed by atoms with Crippen LogP contribution in [0.15, 0.2) is 78.0 Å². The number of rotatable bonds is 8. The molecular weight excluding hydrogens is 546 g/mol. The maximum absolute atomic E-state index is 13.0. The Morgan fingerprint density at radius 3 is 2.53 bits per heavy atom. The quantitative estimate of drug-likeness (QED) is 0.180. The van der Waals surface area contributed by atoms with E-state index in [0.29, 0.717) is 44.6 Å². The molecule has 4 aromatic rings. The Kier molecular flexibility index (Phi) is 8.82. The van der Waals surface area contributed by atoms with Crippen molar-refractivity contribution in [2.75, 3.05) is 19.7 Å². The fraction of sp³-hybridized carbons (Fsp3) is 0.242. The van der Waals surface area contributed by atoms with E-state index in [-0.39, 0.29) is 34.7 Å². The number of carbonyl (C=O) groups is 3. The van der Waals surface area contributed by atoms with Gasteiger partial charge in [-0.3, -0.25) is 14.4 Å². The van der Waals surface area contributed by atoms with E-state index in [1.165, 1.54) is 18.2 Å². The first-order valence-corrected chi connectivity index (χ1v) is 14.1. The van der Waals surface area contributed by atoms with Crippen molar-refractivity contribution in [1.29, 1.82) is 5.26 Å².